The van der Waals surface area contributed by atoms with Gasteiger partial charge in [-0.2, -0.15) is 0 Å². The van der Waals surface area contributed by atoms with Gasteiger partial charge in [-0.3, -0.25) is 0 Å². The van der Waals surface area contributed by atoms with Crippen molar-refractivity contribution < 1.29 is 9.18 Å². The molecule has 2 aliphatic heterocycles. The number of amides is 2. The van der Waals surface area contributed by atoms with Crippen LogP contribution in [0.2, 0.25) is 0 Å². The molecule has 5 rings (SSSR count). The van der Waals surface area contributed by atoms with Crippen LogP contribution in [-0.4, -0.2) is 34.7 Å². The van der Waals surface area contributed by atoms with Gasteiger partial charge in [0.05, 0.1) is 6.54 Å². The molecule has 0 aliphatic carbocycles. The van der Waals surface area contributed by atoms with Crippen LogP contribution in [0.15, 0.2) is 60.8 Å². The van der Waals surface area contributed by atoms with Crippen LogP contribution in [0.1, 0.15) is 24.5 Å². The largest absolute Gasteiger partial charge is 0.352 e. The van der Waals surface area contributed by atoms with Crippen LogP contribution in [0, 0.1) is 0 Å². The first kappa shape index (κ1) is 22.2. The van der Waals surface area contributed by atoms with Gasteiger partial charge in [0, 0.05) is 37.8 Å². The lowest BCUT2D eigenvalue weighted by Gasteiger charge is -2.30. The topological polar surface area (TPSA) is 39.7 Å². The Morgan fingerprint density at radius 2 is 1.76 bits per heavy atom. The Morgan fingerprint density at radius 3 is 2.39 bits per heavy atom. The molecule has 2 unspecified atom stereocenters. The summed E-state index contributed by atoms with van der Waals surface area (Å²) >= 11 is 4.70. The molecule has 5 nitrogen and oxygen atoms in total. The van der Waals surface area contributed by atoms with Gasteiger partial charge in [-0.25, -0.2) is 18.5 Å². The molecule has 2 aliphatic rings. The number of aromatic nitrogens is 1. The molecule has 0 N–H and O–H groups in total. The second-order valence-electron chi connectivity index (χ2n) is 8.92. The van der Waals surface area contributed by atoms with Crippen molar-refractivity contribution in [3.05, 3.63) is 71.9 Å². The van der Waals surface area contributed by atoms with Crippen molar-refractivity contribution in [3.8, 4) is 11.1 Å². The summed E-state index contributed by atoms with van der Waals surface area (Å²) in [4.78, 5) is 21.9. The van der Waals surface area contributed by atoms with E-state index in [4.69, 9.17) is 12.8 Å². The molecule has 1 aromatic heterocycles. The third kappa shape index (κ3) is 4.20. The lowest BCUT2D eigenvalue weighted by molar-refractivity contribution is 0.210. The molecule has 1 fully saturated rings. The van der Waals surface area contributed by atoms with Gasteiger partial charge in [0.1, 0.15) is 11.4 Å². The Labute approximate surface area is 201 Å². The molecular weight excluding hydrogens is 454 g/mol. The number of nitrogens with zero attached hydrogens (tertiary/aromatic N) is 4. The van der Waals surface area contributed by atoms with Gasteiger partial charge < -0.3 is 9.80 Å². The number of fused-ring (bicyclic) bond motifs is 1. The minimum Gasteiger partial charge on any atom is -0.352 e. The zero-order valence-corrected chi connectivity index (χ0v) is 20.5. The highest BCUT2D eigenvalue weighted by atomic mass is 32.1. The zero-order valence-electron chi connectivity index (χ0n) is 18.4. The molecule has 0 saturated carbocycles. The van der Waals surface area contributed by atoms with Gasteiger partial charge in [0.2, 0.25) is 0 Å². The number of rotatable bonds is 3. The van der Waals surface area contributed by atoms with Crippen LogP contribution in [0.5, 0.6) is 0 Å². The summed E-state index contributed by atoms with van der Waals surface area (Å²) in [5.74, 6) is 0.571. The van der Waals surface area contributed by atoms with E-state index in [9.17, 15) is 9.18 Å². The molecule has 2 atom stereocenters. The second-order valence-corrected chi connectivity index (χ2v) is 9.94. The van der Waals surface area contributed by atoms with Crippen LogP contribution < -0.4 is 14.5 Å². The van der Waals surface area contributed by atoms with E-state index in [2.05, 4.69) is 14.2 Å². The van der Waals surface area contributed by atoms with Crippen molar-refractivity contribution in [3.63, 3.8) is 0 Å². The molecule has 0 radical (unpaired) electrons. The van der Waals surface area contributed by atoms with Gasteiger partial charge in [0.15, 0.2) is 5.82 Å². The van der Waals surface area contributed by atoms with Crippen LogP contribution in [0.25, 0.3) is 11.1 Å². The molecule has 33 heavy (non-hydrogen) atoms. The Balaban J connectivity index is 1.57. The van der Waals surface area contributed by atoms with Crippen LogP contribution in [0.3, 0.4) is 0 Å². The minimum absolute atomic E-state index is 0.226. The molecule has 170 valence electrons. The predicted octanol–water partition coefficient (Wildman–Crippen LogP) is 4.97. The third-order valence-electron chi connectivity index (χ3n) is 6.38. The average molecular weight is 481 g/mol. The number of pyridine rings is 1. The number of alkyl halides is 1. The first-order chi connectivity index (χ1) is 15.8. The molecule has 3 aromatic rings. The van der Waals surface area contributed by atoms with Gasteiger partial charge in [-0.15, -0.1) is 9.24 Å². The summed E-state index contributed by atoms with van der Waals surface area (Å²) in [6.07, 6.45) is 2.14. The molecule has 2 aromatic carbocycles. The van der Waals surface area contributed by atoms with Crippen LogP contribution in [-0.2, 0) is 13.1 Å². The average Bonchev–Trinajstić information content (AvgIpc) is 3.41. The maximum atomic E-state index is 14.7. The Bertz CT molecular complexity index is 1200. The van der Waals surface area contributed by atoms with E-state index < -0.39 is 5.67 Å². The Morgan fingerprint density at radius 1 is 1.09 bits per heavy atom. The molecular formula is C25H26FN4OPS. The highest BCUT2D eigenvalue weighted by Crippen LogP contribution is 2.42. The van der Waals surface area contributed by atoms with Crippen LogP contribution >= 0.6 is 22.1 Å². The number of urea groups is 1. The SMILES string of the molecule is CC1(F)CCN(c2nccc(-c3ccccc3P)c2N(S)C(=O)N2Cc3ccccc3C2)C1. The van der Waals surface area contributed by atoms with Gasteiger partial charge in [-0.1, -0.05) is 61.3 Å². The Hall–Kier alpha value is -2.63. The van der Waals surface area contributed by atoms with Gasteiger partial charge in [0.25, 0.3) is 0 Å². The van der Waals surface area contributed by atoms with E-state index in [0.717, 1.165) is 27.6 Å². The quantitative estimate of drug-likeness (QED) is 0.425. The number of anilines is 2. The summed E-state index contributed by atoms with van der Waals surface area (Å²) in [7, 11) is 2.75. The molecule has 3 heterocycles. The summed E-state index contributed by atoms with van der Waals surface area (Å²) < 4.78 is 16.1. The van der Waals surface area contributed by atoms with Crippen molar-refractivity contribution in [2.75, 3.05) is 22.3 Å². The van der Waals surface area contributed by atoms with Crippen molar-refractivity contribution in [2.45, 2.75) is 32.1 Å². The number of carbonyl (C=O) groups excluding carboxylic acids is 1. The number of halogens is 1. The molecule has 0 bridgehead atoms. The molecule has 2 amide bonds. The maximum absolute atomic E-state index is 14.7. The van der Waals surface area contributed by atoms with Crippen molar-refractivity contribution in [2.24, 2.45) is 0 Å². The molecule has 8 heteroatoms. The number of hydrogen-bond acceptors (Lipinski definition) is 4. The minimum atomic E-state index is -1.30. The first-order valence-corrected chi connectivity index (χ1v) is 11.9. The van der Waals surface area contributed by atoms with E-state index in [1.54, 1.807) is 18.0 Å². The van der Waals surface area contributed by atoms with E-state index in [0.29, 0.717) is 37.6 Å². The summed E-state index contributed by atoms with van der Waals surface area (Å²) in [6.45, 7) is 3.43. The normalized spacial score (nSPS) is 19.6. The maximum Gasteiger partial charge on any atom is 0.335 e. The van der Waals surface area contributed by atoms with Crippen LogP contribution in [0.4, 0.5) is 20.7 Å². The highest BCUT2D eigenvalue weighted by Gasteiger charge is 2.37. The standard InChI is InChI=1S/C25H26FN4OPS/c1-25(26)11-13-28(16-25)23-22(20(10-12-27-23)19-8-4-5-9-21(19)32)30(33)24(31)29-14-17-6-2-3-7-18(17)15-29/h2-10,12,33H,11,13-16,32H2,1H3. The van der Waals surface area contributed by atoms with E-state index >= 15 is 0 Å². The van der Waals surface area contributed by atoms with E-state index in [1.165, 1.54) is 4.31 Å². The molecule has 1 saturated heterocycles. The monoisotopic (exact) mass is 480 g/mol. The van der Waals surface area contributed by atoms with Crippen molar-refractivity contribution in [1.29, 1.82) is 0 Å². The lowest BCUT2D eigenvalue weighted by atomic mass is 10.0. The molecule has 0 spiro atoms. The zero-order chi connectivity index (χ0) is 23.2. The van der Waals surface area contributed by atoms with E-state index in [1.807, 2.05) is 59.5 Å². The summed E-state index contributed by atoms with van der Waals surface area (Å²) in [6, 6.07) is 17.7. The van der Waals surface area contributed by atoms with Crippen molar-refractivity contribution >= 4 is 44.9 Å². The lowest BCUT2D eigenvalue weighted by Crippen LogP contribution is -2.37. The number of thiol groups is 1. The first-order valence-electron chi connectivity index (χ1n) is 11.0. The van der Waals surface area contributed by atoms with Gasteiger partial charge >= 0.3 is 6.03 Å². The fourth-order valence-corrected chi connectivity index (χ4v) is 5.33. The summed E-state index contributed by atoms with van der Waals surface area (Å²) in [5.41, 5.74) is 3.35. The Kier molecular flexibility index (Phi) is 5.79. The number of benzene rings is 2. The third-order valence-corrected chi connectivity index (χ3v) is 7.26. The van der Waals surface area contributed by atoms with Gasteiger partial charge in [-0.05, 0) is 35.0 Å². The van der Waals surface area contributed by atoms with Crippen molar-refractivity contribution in [1.82, 2.24) is 9.88 Å². The fourth-order valence-electron chi connectivity index (χ4n) is 4.65. The smallest absolute Gasteiger partial charge is 0.335 e. The second kappa shape index (κ2) is 8.62. The number of carbonyl (C=O) groups is 1. The van der Waals surface area contributed by atoms with E-state index in [-0.39, 0.29) is 12.6 Å². The predicted molar refractivity (Wildman–Crippen MR) is 138 cm³/mol. The highest BCUT2D eigenvalue weighted by molar-refractivity contribution is 7.82. The summed E-state index contributed by atoms with van der Waals surface area (Å²) in [5, 5.41) is 0.996. The number of hydrogen-bond donors (Lipinski definition) is 1. The fraction of sp³-hybridized carbons (Fsp3) is 0.280.